The Bertz CT molecular complexity index is 2650. The number of aliphatic imine (C=N–C) groups is 1. The molecule has 0 aliphatic carbocycles. The summed E-state index contributed by atoms with van der Waals surface area (Å²) < 4.78 is 18.7. The molecule has 1 amide bonds. The standard InChI is InChI=1S/C57H67N5O7/c1-39(2)30-33-67-51-28-26-42-20-9-11-23-47(42)53(51)54-48-24-12-10-21-43(48)27-29-52(54)68-38-46(63)35-44(22-13-14-31-58)55(65)62-49(25-15-32-61-57(59)60)50(64)36-45(34-40-16-5-3-6-17-40)56(66)69-37-41-18-7-4-8-19-41/h3-12,16-21,23-24,26-29,39,44-45,49H,13-15,22,25,30-38,58H2,1-2H3,(H,62,65)(H4,59,60,61)/t44-,45+,49+/m0/s1. The number of amides is 1. The maximum atomic E-state index is 14.4. The number of guanidine groups is 1. The fraction of sp³-hybridized carbons (Fsp3) is 0.351. The van der Waals surface area contributed by atoms with E-state index in [0.717, 1.165) is 56.0 Å². The Morgan fingerprint density at radius 1 is 0.623 bits per heavy atom. The third-order valence-electron chi connectivity index (χ3n) is 12.2. The first-order valence-electron chi connectivity index (χ1n) is 24.1. The summed E-state index contributed by atoms with van der Waals surface area (Å²) in [5.74, 6) is -1.60. The highest BCUT2D eigenvalue weighted by atomic mass is 16.5. The molecule has 0 radical (unpaired) electrons. The van der Waals surface area contributed by atoms with Gasteiger partial charge in [-0.25, -0.2) is 0 Å². The molecule has 7 N–H and O–H groups in total. The number of hydrogen-bond donors (Lipinski definition) is 4. The Kier molecular flexibility index (Phi) is 19.7. The Labute approximate surface area is 406 Å². The molecule has 0 aromatic heterocycles. The van der Waals surface area contributed by atoms with Crippen molar-refractivity contribution in [3.63, 3.8) is 0 Å². The van der Waals surface area contributed by atoms with Crippen molar-refractivity contribution in [1.29, 1.82) is 0 Å². The lowest BCUT2D eigenvalue weighted by molar-refractivity contribution is -0.151. The second-order valence-corrected chi connectivity index (χ2v) is 18.0. The first-order valence-corrected chi connectivity index (χ1v) is 24.1. The quantitative estimate of drug-likeness (QED) is 0.0159. The number of nitrogens with one attached hydrogen (secondary N) is 1. The van der Waals surface area contributed by atoms with E-state index in [9.17, 15) is 19.2 Å². The number of benzene rings is 6. The molecule has 362 valence electrons. The van der Waals surface area contributed by atoms with Gasteiger partial charge < -0.3 is 36.7 Å². The topological polar surface area (TPSA) is 198 Å². The van der Waals surface area contributed by atoms with Crippen LogP contribution in [0, 0.1) is 17.8 Å². The average Bonchev–Trinajstić information content (AvgIpc) is 3.35. The van der Waals surface area contributed by atoms with E-state index >= 15 is 0 Å². The fourth-order valence-corrected chi connectivity index (χ4v) is 8.49. The number of nitrogens with two attached hydrogens (primary N) is 3. The van der Waals surface area contributed by atoms with Gasteiger partial charge in [-0.3, -0.25) is 24.2 Å². The van der Waals surface area contributed by atoms with Gasteiger partial charge in [-0.15, -0.1) is 0 Å². The summed E-state index contributed by atoms with van der Waals surface area (Å²) in [6.07, 6.45) is 3.00. The molecule has 0 saturated carbocycles. The van der Waals surface area contributed by atoms with Crippen molar-refractivity contribution >= 4 is 50.9 Å². The smallest absolute Gasteiger partial charge is 0.310 e. The van der Waals surface area contributed by atoms with E-state index in [2.05, 4.69) is 42.4 Å². The van der Waals surface area contributed by atoms with Gasteiger partial charge in [0.25, 0.3) is 0 Å². The van der Waals surface area contributed by atoms with Crippen molar-refractivity contribution in [1.82, 2.24) is 5.32 Å². The second kappa shape index (κ2) is 26.5. The van der Waals surface area contributed by atoms with Crippen molar-refractivity contribution < 1.29 is 33.4 Å². The van der Waals surface area contributed by atoms with Crippen molar-refractivity contribution in [3.05, 3.63) is 145 Å². The number of ketones is 2. The minimum atomic E-state index is -0.993. The molecule has 0 saturated heterocycles. The molecule has 12 heteroatoms. The van der Waals surface area contributed by atoms with Crippen LogP contribution in [0.5, 0.6) is 11.5 Å². The number of Topliss-reactive ketones (excluding diaryl/α,β-unsaturated/α-hetero) is 2. The van der Waals surface area contributed by atoms with Crippen LogP contribution in [0.4, 0.5) is 0 Å². The number of ether oxygens (including phenoxy) is 3. The molecule has 12 nitrogen and oxygen atoms in total. The Morgan fingerprint density at radius 3 is 1.83 bits per heavy atom. The van der Waals surface area contributed by atoms with Crippen LogP contribution < -0.4 is 32.0 Å². The lowest BCUT2D eigenvalue weighted by Crippen LogP contribution is -2.45. The van der Waals surface area contributed by atoms with E-state index in [1.54, 1.807) is 0 Å². The number of esters is 1. The molecule has 6 rings (SSSR count). The molecular formula is C57H67N5O7. The van der Waals surface area contributed by atoms with Crippen molar-refractivity contribution in [2.75, 3.05) is 26.3 Å². The van der Waals surface area contributed by atoms with Crippen LogP contribution in [0.1, 0.15) is 76.3 Å². The highest BCUT2D eigenvalue weighted by Crippen LogP contribution is 2.45. The van der Waals surface area contributed by atoms with Gasteiger partial charge in [0.1, 0.15) is 24.7 Å². The Hall–Kier alpha value is -7.05. The van der Waals surface area contributed by atoms with Crippen LogP contribution in [0.15, 0.2) is 138 Å². The molecule has 3 atom stereocenters. The average molecular weight is 934 g/mol. The zero-order valence-electron chi connectivity index (χ0n) is 39.9. The molecule has 6 aromatic rings. The van der Waals surface area contributed by atoms with Crippen molar-refractivity contribution in [2.24, 2.45) is 39.9 Å². The minimum Gasteiger partial charge on any atom is -0.493 e. The van der Waals surface area contributed by atoms with Gasteiger partial charge >= 0.3 is 5.97 Å². The van der Waals surface area contributed by atoms with E-state index in [0.29, 0.717) is 50.5 Å². The summed E-state index contributed by atoms with van der Waals surface area (Å²) in [5, 5.41) is 6.95. The molecule has 0 fully saturated rings. The molecule has 6 aromatic carbocycles. The number of carbonyl (C=O) groups excluding carboxylic acids is 4. The molecule has 0 aliphatic heterocycles. The molecule has 0 bridgehead atoms. The Balaban J connectivity index is 1.23. The summed E-state index contributed by atoms with van der Waals surface area (Å²) >= 11 is 0. The first kappa shape index (κ1) is 51.3. The van der Waals surface area contributed by atoms with Crippen molar-refractivity contribution in [3.8, 4) is 22.6 Å². The van der Waals surface area contributed by atoms with Crippen LogP contribution in [0.25, 0.3) is 32.7 Å². The SMILES string of the molecule is CC(C)CCOc1ccc2ccccc2c1-c1c(OCC(=O)C[C@H](CCCCN)C(=O)N[C@H](CCCN=C(N)N)C(=O)C[C@@H](Cc2ccccc2)C(=O)OCc2ccccc2)ccc2ccccc12. The molecular weight excluding hydrogens is 867 g/mol. The van der Waals surface area contributed by atoms with Gasteiger partial charge in [-0.2, -0.15) is 0 Å². The lowest BCUT2D eigenvalue weighted by Gasteiger charge is -2.24. The monoisotopic (exact) mass is 934 g/mol. The molecule has 0 spiro atoms. The number of fused-ring (bicyclic) bond motifs is 2. The predicted molar refractivity (Wildman–Crippen MR) is 275 cm³/mol. The lowest BCUT2D eigenvalue weighted by atomic mass is 9.90. The highest BCUT2D eigenvalue weighted by Gasteiger charge is 2.31. The van der Waals surface area contributed by atoms with E-state index in [-0.39, 0.29) is 63.0 Å². The summed E-state index contributed by atoms with van der Waals surface area (Å²) in [5.41, 5.74) is 20.4. The molecule has 0 aliphatic rings. The van der Waals surface area contributed by atoms with E-state index < -0.39 is 29.8 Å². The summed E-state index contributed by atoms with van der Waals surface area (Å²) in [6, 6.07) is 41.9. The highest BCUT2D eigenvalue weighted by molar-refractivity contribution is 6.10. The summed E-state index contributed by atoms with van der Waals surface area (Å²) in [7, 11) is 0. The summed E-state index contributed by atoms with van der Waals surface area (Å²) in [6.45, 7) is 5.27. The normalized spacial score (nSPS) is 12.5. The van der Waals surface area contributed by atoms with Crippen molar-refractivity contribution in [2.45, 2.75) is 84.3 Å². The number of carbonyl (C=O) groups is 4. The molecule has 69 heavy (non-hydrogen) atoms. The second-order valence-electron chi connectivity index (χ2n) is 18.0. The van der Waals surface area contributed by atoms with Gasteiger partial charge in [-0.1, -0.05) is 142 Å². The van der Waals surface area contributed by atoms with Gasteiger partial charge in [0.05, 0.1) is 18.6 Å². The van der Waals surface area contributed by atoms with Gasteiger partial charge in [0, 0.05) is 36.4 Å². The van der Waals surface area contributed by atoms with Crippen LogP contribution in [-0.2, 0) is 36.9 Å². The maximum Gasteiger partial charge on any atom is 0.310 e. The van der Waals surface area contributed by atoms with Gasteiger partial charge in [0.2, 0.25) is 5.91 Å². The molecule has 0 heterocycles. The first-order chi connectivity index (χ1) is 33.5. The minimum absolute atomic E-state index is 0.0549. The zero-order chi connectivity index (χ0) is 49.0. The zero-order valence-corrected chi connectivity index (χ0v) is 39.9. The fourth-order valence-electron chi connectivity index (χ4n) is 8.49. The predicted octanol–water partition coefficient (Wildman–Crippen LogP) is 9.27. The van der Waals surface area contributed by atoms with E-state index in [1.165, 1.54) is 0 Å². The van der Waals surface area contributed by atoms with Crippen LogP contribution >= 0.6 is 0 Å². The molecule has 0 unspecified atom stereocenters. The number of hydrogen-bond acceptors (Lipinski definition) is 9. The van der Waals surface area contributed by atoms with Gasteiger partial charge in [-0.05, 0) is 95.8 Å². The van der Waals surface area contributed by atoms with Crippen LogP contribution in [0.2, 0.25) is 0 Å². The third-order valence-corrected chi connectivity index (χ3v) is 12.2. The third kappa shape index (κ3) is 15.5. The van der Waals surface area contributed by atoms with E-state index in [1.807, 2.05) is 115 Å². The van der Waals surface area contributed by atoms with Crippen LogP contribution in [-0.4, -0.2) is 61.7 Å². The van der Waals surface area contributed by atoms with Gasteiger partial charge in [0.15, 0.2) is 17.5 Å². The largest absolute Gasteiger partial charge is 0.493 e. The number of unbranched alkanes of at least 4 members (excludes halogenated alkanes) is 1. The number of nitrogens with zero attached hydrogens (tertiary/aromatic N) is 1. The maximum absolute atomic E-state index is 14.4. The van der Waals surface area contributed by atoms with Crippen LogP contribution in [0.3, 0.4) is 0 Å². The van der Waals surface area contributed by atoms with E-state index in [4.69, 9.17) is 31.4 Å². The Morgan fingerprint density at radius 2 is 1.22 bits per heavy atom. The summed E-state index contributed by atoms with van der Waals surface area (Å²) in [4.78, 5) is 60.6. The number of rotatable bonds is 28.